The highest BCUT2D eigenvalue weighted by Gasteiger charge is 2.14. The van der Waals surface area contributed by atoms with Crippen LogP contribution in [0.3, 0.4) is 0 Å². The zero-order valence-corrected chi connectivity index (χ0v) is 11.8. The molecule has 2 heterocycles. The molecule has 0 aliphatic rings. The Bertz CT molecular complexity index is 590. The number of nitrogens with zero attached hydrogens (tertiary/aromatic N) is 5. The van der Waals surface area contributed by atoms with Gasteiger partial charge in [0.05, 0.1) is 17.6 Å². The topological polar surface area (TPSA) is 85.8 Å². The molecule has 0 unspecified atom stereocenters. The summed E-state index contributed by atoms with van der Waals surface area (Å²) in [7, 11) is 0. The average Bonchev–Trinajstić information content (AvgIpc) is 2.92. The lowest BCUT2D eigenvalue weighted by atomic mass is 10.4. The summed E-state index contributed by atoms with van der Waals surface area (Å²) < 4.78 is 3.64. The van der Waals surface area contributed by atoms with Crippen molar-refractivity contribution in [3.63, 3.8) is 0 Å². The summed E-state index contributed by atoms with van der Waals surface area (Å²) in [6, 6.07) is 0.264. The van der Waals surface area contributed by atoms with Crippen molar-refractivity contribution in [1.29, 1.82) is 0 Å². The van der Waals surface area contributed by atoms with Gasteiger partial charge in [-0.3, -0.25) is 14.0 Å². The molecule has 2 rings (SSSR count). The molecule has 0 bridgehead atoms. The lowest BCUT2D eigenvalue weighted by Gasteiger charge is -2.05. The standard InChI is InChI=1S/C11H15N5O2S/c1-7(2)15-5-9(4-12-15)16-8(3)13-14-11(16)19-6-10(17)18/h4-5,7H,6H2,1-3H3,(H,17,18). The molecule has 7 nitrogen and oxygen atoms in total. The number of carboxylic acids is 1. The first-order chi connectivity index (χ1) is 8.99. The Hall–Kier alpha value is -1.83. The molecule has 0 spiro atoms. The minimum Gasteiger partial charge on any atom is -0.481 e. The van der Waals surface area contributed by atoms with Crippen molar-refractivity contribution in [2.45, 2.75) is 32.0 Å². The van der Waals surface area contributed by atoms with E-state index in [1.54, 1.807) is 10.8 Å². The van der Waals surface area contributed by atoms with Crippen LogP contribution in [0.4, 0.5) is 0 Å². The van der Waals surface area contributed by atoms with Crippen LogP contribution in [-0.4, -0.2) is 41.4 Å². The molecule has 102 valence electrons. The monoisotopic (exact) mass is 281 g/mol. The molecule has 0 fully saturated rings. The third-order valence-corrected chi connectivity index (χ3v) is 3.41. The molecule has 0 aliphatic carbocycles. The van der Waals surface area contributed by atoms with Crippen LogP contribution in [0.2, 0.25) is 0 Å². The second-order valence-corrected chi connectivity index (χ2v) is 5.26. The van der Waals surface area contributed by atoms with Gasteiger partial charge in [0.2, 0.25) is 0 Å². The molecule has 0 saturated carbocycles. The minimum absolute atomic E-state index is 0.0452. The zero-order valence-electron chi connectivity index (χ0n) is 10.9. The number of carbonyl (C=O) groups is 1. The molecule has 8 heteroatoms. The lowest BCUT2D eigenvalue weighted by Crippen LogP contribution is -2.03. The molecule has 19 heavy (non-hydrogen) atoms. The van der Waals surface area contributed by atoms with Crippen molar-refractivity contribution >= 4 is 17.7 Å². The van der Waals surface area contributed by atoms with Gasteiger partial charge in [0.25, 0.3) is 0 Å². The Morgan fingerprint density at radius 1 is 1.47 bits per heavy atom. The number of hydrogen-bond donors (Lipinski definition) is 1. The van der Waals surface area contributed by atoms with E-state index in [1.807, 2.05) is 31.6 Å². The fourth-order valence-electron chi connectivity index (χ4n) is 1.59. The number of rotatable bonds is 5. The van der Waals surface area contributed by atoms with Crippen LogP contribution in [0.25, 0.3) is 5.69 Å². The normalized spacial score (nSPS) is 11.2. The van der Waals surface area contributed by atoms with E-state index in [2.05, 4.69) is 15.3 Å². The van der Waals surface area contributed by atoms with Gasteiger partial charge in [-0.2, -0.15) is 5.10 Å². The first-order valence-corrected chi connectivity index (χ1v) is 6.78. The van der Waals surface area contributed by atoms with Crippen LogP contribution < -0.4 is 0 Å². The smallest absolute Gasteiger partial charge is 0.313 e. The quantitative estimate of drug-likeness (QED) is 0.836. The van der Waals surface area contributed by atoms with Gasteiger partial charge in [0.1, 0.15) is 5.82 Å². The molecule has 0 aliphatic heterocycles. The third kappa shape index (κ3) is 2.95. The van der Waals surface area contributed by atoms with Gasteiger partial charge in [-0.25, -0.2) is 0 Å². The van der Waals surface area contributed by atoms with Crippen molar-refractivity contribution in [2.24, 2.45) is 0 Å². The van der Waals surface area contributed by atoms with Gasteiger partial charge < -0.3 is 5.11 Å². The highest BCUT2D eigenvalue weighted by Crippen LogP contribution is 2.21. The van der Waals surface area contributed by atoms with Crippen LogP contribution in [-0.2, 0) is 4.79 Å². The van der Waals surface area contributed by atoms with Gasteiger partial charge in [-0.1, -0.05) is 11.8 Å². The largest absolute Gasteiger partial charge is 0.481 e. The molecule has 2 aromatic heterocycles. The maximum Gasteiger partial charge on any atom is 0.313 e. The molecule has 1 N–H and O–H groups in total. The lowest BCUT2D eigenvalue weighted by molar-refractivity contribution is -0.133. The number of aryl methyl sites for hydroxylation is 1. The Morgan fingerprint density at radius 3 is 2.79 bits per heavy atom. The minimum atomic E-state index is -0.880. The van der Waals surface area contributed by atoms with E-state index in [-0.39, 0.29) is 11.8 Å². The van der Waals surface area contributed by atoms with Crippen LogP contribution >= 0.6 is 11.8 Å². The van der Waals surface area contributed by atoms with Gasteiger partial charge >= 0.3 is 5.97 Å². The summed E-state index contributed by atoms with van der Waals surface area (Å²) in [5, 5.41) is 21.5. The van der Waals surface area contributed by atoms with Crippen LogP contribution in [0.15, 0.2) is 17.6 Å². The molecular weight excluding hydrogens is 266 g/mol. The Balaban J connectivity index is 2.31. The summed E-state index contributed by atoms with van der Waals surface area (Å²) in [6.45, 7) is 5.90. The van der Waals surface area contributed by atoms with E-state index in [0.717, 1.165) is 17.4 Å². The maximum absolute atomic E-state index is 10.6. The highest BCUT2D eigenvalue weighted by atomic mass is 32.2. The Kier molecular flexibility index (Phi) is 3.89. The Labute approximate surface area is 114 Å². The second kappa shape index (κ2) is 5.43. The van der Waals surface area contributed by atoms with Gasteiger partial charge in [0.15, 0.2) is 5.16 Å². The van der Waals surface area contributed by atoms with E-state index < -0.39 is 5.97 Å². The van der Waals surface area contributed by atoms with E-state index in [9.17, 15) is 4.79 Å². The van der Waals surface area contributed by atoms with Crippen molar-refractivity contribution < 1.29 is 9.90 Å². The summed E-state index contributed by atoms with van der Waals surface area (Å²) in [5.74, 6) is -0.220. The van der Waals surface area contributed by atoms with Gasteiger partial charge in [-0.05, 0) is 20.8 Å². The first-order valence-electron chi connectivity index (χ1n) is 5.80. The fourth-order valence-corrected chi connectivity index (χ4v) is 2.30. The number of carboxylic acid groups (broad SMARTS) is 1. The number of hydrogen-bond acceptors (Lipinski definition) is 5. The number of thioether (sulfide) groups is 1. The Morgan fingerprint density at radius 2 is 2.21 bits per heavy atom. The summed E-state index contributed by atoms with van der Waals surface area (Å²) in [4.78, 5) is 10.6. The van der Waals surface area contributed by atoms with Crippen LogP contribution in [0.1, 0.15) is 25.7 Å². The van der Waals surface area contributed by atoms with Crippen molar-refractivity contribution in [1.82, 2.24) is 24.5 Å². The van der Waals surface area contributed by atoms with E-state index in [1.165, 1.54) is 0 Å². The third-order valence-electron chi connectivity index (χ3n) is 2.50. The number of aliphatic carboxylic acids is 1. The molecule has 0 aromatic carbocycles. The second-order valence-electron chi connectivity index (χ2n) is 4.32. The van der Waals surface area contributed by atoms with Crippen molar-refractivity contribution in [2.75, 3.05) is 5.75 Å². The predicted octanol–water partition coefficient (Wildman–Crippen LogP) is 1.53. The van der Waals surface area contributed by atoms with Crippen LogP contribution in [0.5, 0.6) is 0 Å². The van der Waals surface area contributed by atoms with Crippen LogP contribution in [0, 0.1) is 6.92 Å². The van der Waals surface area contributed by atoms with Gasteiger partial charge in [-0.15, -0.1) is 10.2 Å². The van der Waals surface area contributed by atoms with E-state index in [4.69, 9.17) is 5.11 Å². The van der Waals surface area contributed by atoms with Crippen molar-refractivity contribution in [3.8, 4) is 5.69 Å². The summed E-state index contributed by atoms with van der Waals surface area (Å²) >= 11 is 1.14. The molecule has 2 aromatic rings. The van der Waals surface area contributed by atoms with E-state index >= 15 is 0 Å². The zero-order chi connectivity index (χ0) is 14.0. The molecule has 0 radical (unpaired) electrons. The van der Waals surface area contributed by atoms with E-state index in [0.29, 0.717) is 11.0 Å². The number of aromatic nitrogens is 5. The maximum atomic E-state index is 10.6. The summed E-state index contributed by atoms with van der Waals surface area (Å²) in [6.07, 6.45) is 3.62. The molecule has 0 amide bonds. The van der Waals surface area contributed by atoms with Gasteiger partial charge in [0, 0.05) is 12.2 Å². The summed E-state index contributed by atoms with van der Waals surface area (Å²) in [5.41, 5.74) is 0.837. The molecule has 0 atom stereocenters. The highest BCUT2D eigenvalue weighted by molar-refractivity contribution is 7.99. The molecule has 0 saturated heterocycles. The first kappa shape index (κ1) is 13.6. The van der Waals surface area contributed by atoms with Crippen molar-refractivity contribution in [3.05, 3.63) is 18.2 Å². The SMILES string of the molecule is Cc1nnc(SCC(=O)O)n1-c1cnn(C(C)C)c1. The molecular formula is C11H15N5O2S. The predicted molar refractivity (Wildman–Crippen MR) is 70.6 cm³/mol. The average molecular weight is 281 g/mol. The fraction of sp³-hybridized carbons (Fsp3) is 0.455.